The average Bonchev–Trinajstić information content (AvgIpc) is 2.31. The van der Waals surface area contributed by atoms with Gasteiger partial charge in [0.2, 0.25) is 0 Å². The van der Waals surface area contributed by atoms with Gasteiger partial charge in [-0.2, -0.15) is 0 Å². The van der Waals surface area contributed by atoms with E-state index in [4.69, 9.17) is 9.47 Å². The summed E-state index contributed by atoms with van der Waals surface area (Å²) < 4.78 is 10.1. The molecule has 0 spiro atoms. The molecule has 3 nitrogen and oxygen atoms in total. The lowest BCUT2D eigenvalue weighted by atomic mass is 10.1. The number of rotatable bonds is 7. The number of benzene rings is 1. The van der Waals surface area contributed by atoms with E-state index in [1.54, 1.807) is 14.2 Å². The van der Waals surface area contributed by atoms with Crippen molar-refractivity contribution >= 4 is 0 Å². The third-order valence-electron chi connectivity index (χ3n) is 2.27. The minimum absolute atomic E-state index is 0.152. The minimum Gasteiger partial charge on any atom is -0.355 e. The molecule has 1 rings (SSSR count). The monoisotopic (exact) mass is 209 g/mol. The standard InChI is InChI=1S/C12H19NO2/c1-14-12(15-2)10-13-9-8-11-6-4-3-5-7-11/h3-7,12-13H,8-10H2,1-2H3. The van der Waals surface area contributed by atoms with E-state index in [1.807, 2.05) is 6.07 Å². The van der Waals surface area contributed by atoms with Crippen LogP contribution in [-0.2, 0) is 15.9 Å². The van der Waals surface area contributed by atoms with E-state index in [0.717, 1.165) is 19.5 Å². The molecule has 84 valence electrons. The average molecular weight is 209 g/mol. The Morgan fingerprint density at radius 1 is 1.13 bits per heavy atom. The third-order valence-corrected chi connectivity index (χ3v) is 2.27. The molecule has 1 N–H and O–H groups in total. The second-order valence-corrected chi connectivity index (χ2v) is 3.34. The van der Waals surface area contributed by atoms with Crippen LogP contribution in [-0.4, -0.2) is 33.6 Å². The topological polar surface area (TPSA) is 30.5 Å². The van der Waals surface area contributed by atoms with Gasteiger partial charge in [-0.05, 0) is 18.5 Å². The lowest BCUT2D eigenvalue weighted by Gasteiger charge is -2.13. The lowest BCUT2D eigenvalue weighted by molar-refractivity contribution is -0.0986. The molecule has 0 saturated heterocycles. The quantitative estimate of drug-likeness (QED) is 0.544. The Bertz CT molecular complexity index is 247. The van der Waals surface area contributed by atoms with Gasteiger partial charge in [0.15, 0.2) is 6.29 Å². The molecule has 15 heavy (non-hydrogen) atoms. The molecule has 0 aliphatic carbocycles. The Balaban J connectivity index is 2.12. The summed E-state index contributed by atoms with van der Waals surface area (Å²) in [5.74, 6) is 0. The summed E-state index contributed by atoms with van der Waals surface area (Å²) in [7, 11) is 3.29. The minimum atomic E-state index is -0.152. The third kappa shape index (κ3) is 4.93. The van der Waals surface area contributed by atoms with Crippen molar-refractivity contribution in [1.82, 2.24) is 5.32 Å². The van der Waals surface area contributed by atoms with Gasteiger partial charge in [-0.25, -0.2) is 0 Å². The summed E-state index contributed by atoms with van der Waals surface area (Å²) in [5.41, 5.74) is 1.34. The first-order valence-electron chi connectivity index (χ1n) is 5.17. The number of hydrogen-bond acceptors (Lipinski definition) is 3. The molecule has 3 heteroatoms. The van der Waals surface area contributed by atoms with E-state index in [9.17, 15) is 0 Å². The molecule has 1 aromatic rings. The number of nitrogens with one attached hydrogen (secondary N) is 1. The summed E-state index contributed by atoms with van der Waals surface area (Å²) in [6.07, 6.45) is 0.877. The van der Waals surface area contributed by atoms with E-state index in [1.165, 1.54) is 5.56 Å². The van der Waals surface area contributed by atoms with Gasteiger partial charge in [0, 0.05) is 20.8 Å². The van der Waals surface area contributed by atoms with Crippen LogP contribution < -0.4 is 5.32 Å². The Morgan fingerprint density at radius 2 is 1.80 bits per heavy atom. The molecule has 0 unspecified atom stereocenters. The second-order valence-electron chi connectivity index (χ2n) is 3.34. The largest absolute Gasteiger partial charge is 0.355 e. The van der Waals surface area contributed by atoms with Gasteiger partial charge in [0.1, 0.15) is 0 Å². The van der Waals surface area contributed by atoms with Crippen LogP contribution in [0.25, 0.3) is 0 Å². The highest BCUT2D eigenvalue weighted by Gasteiger charge is 2.02. The van der Waals surface area contributed by atoms with Crippen molar-refractivity contribution in [3.05, 3.63) is 35.9 Å². The van der Waals surface area contributed by atoms with Crippen molar-refractivity contribution < 1.29 is 9.47 Å². The molecular weight excluding hydrogens is 190 g/mol. The summed E-state index contributed by atoms with van der Waals surface area (Å²) in [4.78, 5) is 0. The summed E-state index contributed by atoms with van der Waals surface area (Å²) >= 11 is 0. The Kier molecular flexibility index (Phi) is 6.00. The number of ether oxygens (including phenoxy) is 2. The smallest absolute Gasteiger partial charge is 0.169 e. The molecule has 0 aromatic heterocycles. The number of methoxy groups -OCH3 is 2. The van der Waals surface area contributed by atoms with E-state index >= 15 is 0 Å². The Morgan fingerprint density at radius 3 is 2.40 bits per heavy atom. The predicted molar refractivity (Wildman–Crippen MR) is 60.8 cm³/mol. The molecule has 1 aromatic carbocycles. The highest BCUT2D eigenvalue weighted by molar-refractivity contribution is 5.14. The second kappa shape index (κ2) is 7.40. The van der Waals surface area contributed by atoms with Crippen LogP contribution in [0, 0.1) is 0 Å². The fourth-order valence-corrected chi connectivity index (χ4v) is 1.36. The molecule has 0 atom stereocenters. The zero-order chi connectivity index (χ0) is 10.9. The van der Waals surface area contributed by atoms with E-state index in [0.29, 0.717) is 0 Å². The normalized spacial score (nSPS) is 10.9. The van der Waals surface area contributed by atoms with Crippen molar-refractivity contribution in [3.63, 3.8) is 0 Å². The number of hydrogen-bond donors (Lipinski definition) is 1. The van der Waals surface area contributed by atoms with Crippen LogP contribution in [0.5, 0.6) is 0 Å². The van der Waals surface area contributed by atoms with Gasteiger partial charge in [-0.15, -0.1) is 0 Å². The van der Waals surface area contributed by atoms with Crippen LogP contribution in [0.15, 0.2) is 30.3 Å². The van der Waals surface area contributed by atoms with Crippen molar-refractivity contribution in [3.8, 4) is 0 Å². The maximum absolute atomic E-state index is 5.07. The van der Waals surface area contributed by atoms with E-state index < -0.39 is 0 Å². The van der Waals surface area contributed by atoms with Gasteiger partial charge in [-0.1, -0.05) is 30.3 Å². The summed E-state index contributed by atoms with van der Waals surface area (Å²) in [5, 5.41) is 3.29. The first-order chi connectivity index (χ1) is 7.36. The van der Waals surface area contributed by atoms with Crippen LogP contribution in [0.1, 0.15) is 5.56 Å². The Hall–Kier alpha value is -0.900. The summed E-state index contributed by atoms with van der Waals surface area (Å²) in [6, 6.07) is 10.4. The first-order valence-corrected chi connectivity index (χ1v) is 5.17. The first kappa shape index (κ1) is 12.2. The molecule has 0 amide bonds. The Labute approximate surface area is 91.4 Å². The zero-order valence-corrected chi connectivity index (χ0v) is 9.40. The van der Waals surface area contributed by atoms with Gasteiger partial charge >= 0.3 is 0 Å². The lowest BCUT2D eigenvalue weighted by Crippen LogP contribution is -2.31. The molecule has 0 aliphatic rings. The summed E-state index contributed by atoms with van der Waals surface area (Å²) in [6.45, 7) is 1.66. The highest BCUT2D eigenvalue weighted by atomic mass is 16.7. The van der Waals surface area contributed by atoms with Gasteiger partial charge in [0.25, 0.3) is 0 Å². The molecule has 0 aliphatic heterocycles. The van der Waals surface area contributed by atoms with Crippen molar-refractivity contribution in [2.75, 3.05) is 27.3 Å². The predicted octanol–water partition coefficient (Wildman–Crippen LogP) is 1.44. The molecular formula is C12H19NO2. The fraction of sp³-hybridized carbons (Fsp3) is 0.500. The van der Waals surface area contributed by atoms with Crippen LogP contribution in [0.4, 0.5) is 0 Å². The fourth-order valence-electron chi connectivity index (χ4n) is 1.36. The van der Waals surface area contributed by atoms with Crippen LogP contribution >= 0.6 is 0 Å². The van der Waals surface area contributed by atoms with Crippen LogP contribution in [0.2, 0.25) is 0 Å². The molecule has 0 bridgehead atoms. The van der Waals surface area contributed by atoms with Gasteiger partial charge < -0.3 is 14.8 Å². The maximum Gasteiger partial charge on any atom is 0.169 e. The van der Waals surface area contributed by atoms with Crippen molar-refractivity contribution in [2.24, 2.45) is 0 Å². The van der Waals surface area contributed by atoms with E-state index in [-0.39, 0.29) is 6.29 Å². The maximum atomic E-state index is 5.07. The molecule has 0 radical (unpaired) electrons. The zero-order valence-electron chi connectivity index (χ0n) is 9.40. The SMILES string of the molecule is COC(CNCCc1ccccc1)OC. The van der Waals surface area contributed by atoms with Crippen LogP contribution in [0.3, 0.4) is 0 Å². The van der Waals surface area contributed by atoms with Crippen molar-refractivity contribution in [2.45, 2.75) is 12.7 Å². The molecule has 0 heterocycles. The van der Waals surface area contributed by atoms with Gasteiger partial charge in [-0.3, -0.25) is 0 Å². The highest BCUT2D eigenvalue weighted by Crippen LogP contribution is 1.98. The van der Waals surface area contributed by atoms with Gasteiger partial charge in [0.05, 0.1) is 0 Å². The molecule has 0 fully saturated rings. The molecule has 0 saturated carbocycles. The van der Waals surface area contributed by atoms with Crippen molar-refractivity contribution in [1.29, 1.82) is 0 Å². The van der Waals surface area contributed by atoms with E-state index in [2.05, 4.69) is 29.6 Å².